The second-order valence-electron chi connectivity index (χ2n) is 4.59. The van der Waals surface area contributed by atoms with E-state index < -0.39 is 0 Å². The highest BCUT2D eigenvalue weighted by Gasteiger charge is 2.16. The summed E-state index contributed by atoms with van der Waals surface area (Å²) < 4.78 is 0. The molecule has 0 spiro atoms. The standard InChI is InChI=1S/C12H22N2O2.C2H6.H2S/c1-11(15)3-5-13-7-9-14(10-8-13)6-4-12(2)16;1-2;/h3-10H2,1-2H3;1-2H3;1H2. The van der Waals surface area contributed by atoms with Gasteiger partial charge in [-0.1, -0.05) is 13.8 Å². The first-order chi connectivity index (χ1) is 8.58. The van der Waals surface area contributed by atoms with E-state index >= 15 is 0 Å². The summed E-state index contributed by atoms with van der Waals surface area (Å²) in [6.07, 6.45) is 1.32. The molecule has 0 N–H and O–H groups in total. The zero-order valence-corrected chi connectivity index (χ0v) is 13.9. The van der Waals surface area contributed by atoms with E-state index in [1.54, 1.807) is 13.8 Å². The van der Waals surface area contributed by atoms with Gasteiger partial charge >= 0.3 is 0 Å². The van der Waals surface area contributed by atoms with Crippen molar-refractivity contribution in [2.24, 2.45) is 0 Å². The van der Waals surface area contributed by atoms with Crippen molar-refractivity contribution in [2.45, 2.75) is 40.5 Å². The van der Waals surface area contributed by atoms with Crippen LogP contribution in [0.5, 0.6) is 0 Å². The summed E-state index contributed by atoms with van der Waals surface area (Å²) in [6, 6.07) is 0. The topological polar surface area (TPSA) is 40.6 Å². The van der Waals surface area contributed by atoms with Crippen molar-refractivity contribution in [1.82, 2.24) is 9.80 Å². The van der Waals surface area contributed by atoms with Crippen molar-refractivity contribution in [1.29, 1.82) is 0 Å². The second-order valence-corrected chi connectivity index (χ2v) is 4.59. The van der Waals surface area contributed by atoms with E-state index in [0.29, 0.717) is 12.8 Å². The first-order valence-corrected chi connectivity index (χ1v) is 7.01. The average Bonchev–Trinajstić information content (AvgIpc) is 2.37. The third-order valence-electron chi connectivity index (χ3n) is 3.03. The summed E-state index contributed by atoms with van der Waals surface area (Å²) in [5.41, 5.74) is 0. The molecule has 0 bridgehead atoms. The summed E-state index contributed by atoms with van der Waals surface area (Å²) in [4.78, 5) is 26.4. The van der Waals surface area contributed by atoms with Crippen molar-refractivity contribution in [3.05, 3.63) is 0 Å². The molecule has 1 fully saturated rings. The SMILES string of the molecule is CC.CC(=O)CCN1CCN(CCC(C)=O)CC1.S. The lowest BCUT2D eigenvalue weighted by Gasteiger charge is -2.34. The van der Waals surface area contributed by atoms with Crippen LogP contribution in [0, 0.1) is 0 Å². The van der Waals surface area contributed by atoms with E-state index in [-0.39, 0.29) is 25.1 Å². The highest BCUT2D eigenvalue weighted by atomic mass is 32.1. The predicted molar refractivity (Wildman–Crippen MR) is 85.2 cm³/mol. The number of nitrogens with zero attached hydrogens (tertiary/aromatic N) is 2. The fourth-order valence-electron chi connectivity index (χ4n) is 1.87. The first-order valence-electron chi connectivity index (χ1n) is 7.01. The first kappa shape index (κ1) is 20.9. The molecule has 1 saturated heterocycles. The Morgan fingerprint density at radius 2 is 1.05 bits per heavy atom. The maximum atomic E-state index is 10.9. The minimum Gasteiger partial charge on any atom is -0.300 e. The number of carbonyl (C=O) groups is 2. The molecule has 1 aliphatic rings. The molecule has 0 saturated carbocycles. The highest BCUT2D eigenvalue weighted by molar-refractivity contribution is 7.59. The van der Waals surface area contributed by atoms with Gasteiger partial charge in [0.1, 0.15) is 11.6 Å². The Balaban J connectivity index is 0. The highest BCUT2D eigenvalue weighted by Crippen LogP contribution is 2.03. The molecule has 0 unspecified atom stereocenters. The van der Waals surface area contributed by atoms with Gasteiger partial charge in [0.2, 0.25) is 0 Å². The van der Waals surface area contributed by atoms with Gasteiger partial charge in [-0.25, -0.2) is 0 Å². The van der Waals surface area contributed by atoms with Crippen LogP contribution in [0.4, 0.5) is 0 Å². The maximum Gasteiger partial charge on any atom is 0.131 e. The van der Waals surface area contributed by atoms with Crippen LogP contribution in [0.25, 0.3) is 0 Å². The van der Waals surface area contributed by atoms with Gasteiger partial charge in [0.05, 0.1) is 0 Å². The molecule has 0 amide bonds. The monoisotopic (exact) mass is 290 g/mol. The number of Topliss-reactive ketones (excluding diaryl/α,β-unsaturated/α-hetero) is 2. The molecule has 0 aromatic rings. The quantitative estimate of drug-likeness (QED) is 0.746. The number of carbonyl (C=O) groups excluding carboxylic acids is 2. The van der Waals surface area contributed by atoms with Crippen LogP contribution in [-0.2, 0) is 9.59 Å². The fourth-order valence-corrected chi connectivity index (χ4v) is 1.87. The van der Waals surface area contributed by atoms with Gasteiger partial charge in [0.15, 0.2) is 0 Å². The molecule has 1 heterocycles. The average molecular weight is 290 g/mol. The van der Waals surface area contributed by atoms with Crippen molar-refractivity contribution < 1.29 is 9.59 Å². The molecular weight excluding hydrogens is 260 g/mol. The largest absolute Gasteiger partial charge is 0.300 e. The minimum atomic E-state index is 0. The summed E-state index contributed by atoms with van der Waals surface area (Å²) in [7, 11) is 0. The van der Waals surface area contributed by atoms with Crippen molar-refractivity contribution >= 4 is 25.1 Å². The van der Waals surface area contributed by atoms with Crippen LogP contribution >= 0.6 is 13.5 Å². The Bertz CT molecular complexity index is 226. The van der Waals surface area contributed by atoms with Gasteiger partial charge in [-0.2, -0.15) is 13.5 Å². The van der Waals surface area contributed by atoms with Crippen LogP contribution in [-0.4, -0.2) is 60.6 Å². The molecule has 0 aromatic heterocycles. The van der Waals surface area contributed by atoms with E-state index in [1.807, 2.05) is 13.8 Å². The van der Waals surface area contributed by atoms with E-state index in [2.05, 4.69) is 9.80 Å². The molecule has 1 aliphatic heterocycles. The lowest BCUT2D eigenvalue weighted by Crippen LogP contribution is -2.47. The van der Waals surface area contributed by atoms with Crippen molar-refractivity contribution in [3.63, 3.8) is 0 Å². The Labute approximate surface area is 125 Å². The van der Waals surface area contributed by atoms with Crippen LogP contribution in [0.1, 0.15) is 40.5 Å². The van der Waals surface area contributed by atoms with E-state index in [4.69, 9.17) is 0 Å². The molecule has 0 aromatic carbocycles. The molecular formula is C14H30N2O2S. The number of hydrogen-bond donors (Lipinski definition) is 0. The molecule has 0 atom stereocenters. The Hall–Kier alpha value is -0.390. The fraction of sp³-hybridized carbons (Fsp3) is 0.857. The Morgan fingerprint density at radius 3 is 1.26 bits per heavy atom. The summed E-state index contributed by atoms with van der Waals surface area (Å²) in [5, 5.41) is 0. The molecule has 0 aliphatic carbocycles. The van der Waals surface area contributed by atoms with E-state index in [9.17, 15) is 9.59 Å². The van der Waals surface area contributed by atoms with Gasteiger partial charge < -0.3 is 9.80 Å². The van der Waals surface area contributed by atoms with Crippen molar-refractivity contribution in [2.75, 3.05) is 39.3 Å². The third-order valence-corrected chi connectivity index (χ3v) is 3.03. The second kappa shape index (κ2) is 12.6. The molecule has 114 valence electrons. The molecule has 0 radical (unpaired) electrons. The molecule has 4 nitrogen and oxygen atoms in total. The van der Waals surface area contributed by atoms with Gasteiger partial charge in [-0.3, -0.25) is 9.59 Å². The Morgan fingerprint density at radius 1 is 0.789 bits per heavy atom. The molecule has 19 heavy (non-hydrogen) atoms. The number of piperazine rings is 1. The van der Waals surface area contributed by atoms with Crippen LogP contribution in [0.3, 0.4) is 0 Å². The van der Waals surface area contributed by atoms with Gasteiger partial charge in [-0.05, 0) is 13.8 Å². The van der Waals surface area contributed by atoms with E-state index in [1.165, 1.54) is 0 Å². The zero-order valence-electron chi connectivity index (χ0n) is 12.9. The van der Waals surface area contributed by atoms with Crippen LogP contribution in [0.2, 0.25) is 0 Å². The normalized spacial score (nSPS) is 16.0. The lowest BCUT2D eigenvalue weighted by molar-refractivity contribution is -0.118. The van der Waals surface area contributed by atoms with Gasteiger partial charge in [0, 0.05) is 52.1 Å². The summed E-state index contributed by atoms with van der Waals surface area (Å²) in [6.45, 7) is 13.1. The van der Waals surface area contributed by atoms with Crippen molar-refractivity contribution in [3.8, 4) is 0 Å². The zero-order chi connectivity index (χ0) is 14.0. The number of rotatable bonds is 6. The molecule has 1 rings (SSSR count). The number of hydrogen-bond acceptors (Lipinski definition) is 4. The number of ketones is 2. The predicted octanol–water partition coefficient (Wildman–Crippen LogP) is 1.70. The van der Waals surface area contributed by atoms with Gasteiger partial charge in [0.25, 0.3) is 0 Å². The van der Waals surface area contributed by atoms with E-state index in [0.717, 1.165) is 39.3 Å². The van der Waals surface area contributed by atoms with Gasteiger partial charge in [-0.15, -0.1) is 0 Å². The smallest absolute Gasteiger partial charge is 0.131 e. The molecule has 5 heteroatoms. The van der Waals surface area contributed by atoms with Crippen LogP contribution < -0.4 is 0 Å². The Kier molecular flexibility index (Phi) is 13.9. The summed E-state index contributed by atoms with van der Waals surface area (Å²) in [5.74, 6) is 0.526. The third kappa shape index (κ3) is 11.2. The maximum absolute atomic E-state index is 10.9. The van der Waals surface area contributed by atoms with Crippen LogP contribution in [0.15, 0.2) is 0 Å². The lowest BCUT2D eigenvalue weighted by atomic mass is 10.2. The minimum absolute atomic E-state index is 0. The summed E-state index contributed by atoms with van der Waals surface area (Å²) >= 11 is 0.